The van der Waals surface area contributed by atoms with Crippen molar-refractivity contribution in [3.8, 4) is 28.1 Å². The van der Waals surface area contributed by atoms with Gasteiger partial charge in [0.05, 0.1) is 41.2 Å². The summed E-state index contributed by atoms with van der Waals surface area (Å²) >= 11 is 0. The van der Waals surface area contributed by atoms with Gasteiger partial charge in [-0.25, -0.2) is 19.0 Å². The van der Waals surface area contributed by atoms with Crippen LogP contribution in [0, 0.1) is 5.82 Å². The molecule has 3 N–H and O–H groups in total. The Morgan fingerprint density at radius 2 is 1.63 bits per heavy atom. The number of pyridine rings is 1. The number of aromatic nitrogens is 3. The number of aromatic amines is 1. The zero-order valence-corrected chi connectivity index (χ0v) is 22.7. The maximum Gasteiger partial charge on any atom is 0.490 e. The zero-order valence-electron chi connectivity index (χ0n) is 22.7. The monoisotopic (exact) mass is 598 g/mol. The van der Waals surface area contributed by atoms with Crippen LogP contribution in [-0.2, 0) is 4.79 Å². The fourth-order valence-electron chi connectivity index (χ4n) is 4.27. The Morgan fingerprint density at radius 3 is 2.19 bits per heavy atom. The normalized spacial score (nSPS) is 11.1. The van der Waals surface area contributed by atoms with Crippen molar-refractivity contribution in [3.05, 3.63) is 77.7 Å². The smallest absolute Gasteiger partial charge is 0.490 e. The third kappa shape index (κ3) is 6.22. The minimum absolute atomic E-state index is 0.0369. The van der Waals surface area contributed by atoms with Gasteiger partial charge in [0.15, 0.2) is 0 Å². The predicted molar refractivity (Wildman–Crippen MR) is 147 cm³/mol. The van der Waals surface area contributed by atoms with E-state index in [1.54, 1.807) is 38.5 Å². The van der Waals surface area contributed by atoms with E-state index in [4.69, 9.17) is 19.6 Å². The highest BCUT2D eigenvalue weighted by Crippen LogP contribution is 2.41. The molecule has 0 aliphatic carbocycles. The average Bonchev–Trinajstić information content (AvgIpc) is 3.42. The maximum atomic E-state index is 13.9. The Morgan fingerprint density at radius 1 is 0.977 bits per heavy atom. The lowest BCUT2D eigenvalue weighted by molar-refractivity contribution is -0.192. The number of carbonyl (C=O) groups is 3. The van der Waals surface area contributed by atoms with Crippen molar-refractivity contribution in [2.24, 2.45) is 0 Å². The van der Waals surface area contributed by atoms with Crippen LogP contribution in [0.3, 0.4) is 0 Å². The molecule has 0 fully saturated rings. The molecule has 43 heavy (non-hydrogen) atoms. The number of carboxylic acid groups (broad SMARTS) is 2. The van der Waals surface area contributed by atoms with Gasteiger partial charge >= 0.3 is 18.1 Å². The Balaban J connectivity index is 0.000000541. The number of amides is 1. The number of fused-ring (bicyclic) bond motifs is 2. The molecule has 0 atom stereocenters. The number of hydrogen-bond donors (Lipinski definition) is 3. The molecule has 14 heteroatoms. The highest BCUT2D eigenvalue weighted by atomic mass is 19.4. The summed E-state index contributed by atoms with van der Waals surface area (Å²) in [4.78, 5) is 40.4. The molecule has 0 saturated carbocycles. The number of aromatic carboxylic acids is 1. The predicted octanol–water partition coefficient (Wildman–Crippen LogP) is 5.63. The fourth-order valence-corrected chi connectivity index (χ4v) is 4.27. The van der Waals surface area contributed by atoms with Crippen LogP contribution in [-0.4, -0.2) is 75.5 Å². The van der Waals surface area contributed by atoms with Crippen LogP contribution in [0.1, 0.15) is 20.7 Å². The summed E-state index contributed by atoms with van der Waals surface area (Å²) < 4.78 is 51.1. The van der Waals surface area contributed by atoms with Gasteiger partial charge in [0.2, 0.25) is 0 Å². The SMILES string of the molecule is COc1cc(C(=O)O)ccc1-c1nc2cc3[nH]ncc3cc2c(-c2ccc(F)cc2)c1C(=O)N(C)C.O=C(O)C(F)(F)F. The third-order valence-corrected chi connectivity index (χ3v) is 6.24. The highest BCUT2D eigenvalue weighted by molar-refractivity contribution is 6.15. The number of nitrogens with zero attached hydrogens (tertiary/aromatic N) is 3. The number of nitrogens with one attached hydrogen (secondary N) is 1. The first-order valence-electron chi connectivity index (χ1n) is 12.2. The van der Waals surface area contributed by atoms with Crippen molar-refractivity contribution < 1.29 is 46.9 Å². The number of rotatable bonds is 5. The number of carboxylic acids is 2. The number of aliphatic carboxylic acids is 1. The number of ether oxygens (including phenoxy) is 1. The Labute approximate surface area is 240 Å². The molecule has 0 spiro atoms. The lowest BCUT2D eigenvalue weighted by atomic mass is 9.90. The molecule has 2 aromatic heterocycles. The van der Waals surface area contributed by atoms with E-state index < -0.39 is 23.9 Å². The van der Waals surface area contributed by atoms with Crippen molar-refractivity contribution >= 4 is 39.7 Å². The molecule has 5 rings (SSSR count). The molecule has 1 amide bonds. The van der Waals surface area contributed by atoms with Gasteiger partial charge in [-0.1, -0.05) is 12.1 Å². The van der Waals surface area contributed by atoms with E-state index in [1.807, 2.05) is 12.1 Å². The number of H-pyrrole nitrogens is 1. The van der Waals surface area contributed by atoms with Crippen LogP contribution < -0.4 is 4.74 Å². The molecule has 0 unspecified atom stereocenters. The van der Waals surface area contributed by atoms with Crippen LogP contribution in [0.15, 0.2) is 60.8 Å². The van der Waals surface area contributed by atoms with Gasteiger partial charge < -0.3 is 19.8 Å². The number of halogens is 4. The summed E-state index contributed by atoms with van der Waals surface area (Å²) in [6.45, 7) is 0. The van der Waals surface area contributed by atoms with Gasteiger partial charge in [0, 0.05) is 36.0 Å². The first-order chi connectivity index (χ1) is 20.2. The summed E-state index contributed by atoms with van der Waals surface area (Å²) in [6, 6.07) is 14.0. The van der Waals surface area contributed by atoms with Crippen LogP contribution >= 0.6 is 0 Å². The lowest BCUT2D eigenvalue weighted by Gasteiger charge is -2.21. The first-order valence-corrected chi connectivity index (χ1v) is 12.2. The molecule has 0 bridgehead atoms. The van der Waals surface area contributed by atoms with E-state index in [1.165, 1.54) is 36.3 Å². The number of alkyl halides is 3. The lowest BCUT2D eigenvalue weighted by Crippen LogP contribution is -2.24. The van der Waals surface area contributed by atoms with E-state index in [0.717, 1.165) is 10.9 Å². The Bertz CT molecular complexity index is 1870. The van der Waals surface area contributed by atoms with Crippen LogP contribution in [0.2, 0.25) is 0 Å². The average molecular weight is 599 g/mol. The summed E-state index contributed by atoms with van der Waals surface area (Å²) in [5, 5.41) is 25.1. The largest absolute Gasteiger partial charge is 0.496 e. The quantitative estimate of drug-likeness (QED) is 0.221. The molecule has 2 heterocycles. The molecule has 10 nitrogen and oxygen atoms in total. The number of hydrogen-bond acceptors (Lipinski definition) is 6. The van der Waals surface area contributed by atoms with Crippen molar-refractivity contribution in [1.29, 1.82) is 0 Å². The topological polar surface area (TPSA) is 146 Å². The molecule has 3 aromatic carbocycles. The standard InChI is InChI=1S/C27H21FN4O4.C2HF3O2/c1-32(2)26(33)24-23(14-4-7-17(28)8-5-14)19-10-16-13-29-31-20(16)12-21(19)30-25(24)18-9-6-15(27(34)35)11-22(18)36-3;3-2(4,5)1(6)7/h4-13H,1-3H3,(H,29,31)(H,34,35);(H,6,7). The minimum Gasteiger partial charge on any atom is -0.496 e. The fraction of sp³-hybridized carbons (Fsp3) is 0.138. The molecule has 0 saturated heterocycles. The van der Waals surface area contributed by atoms with E-state index in [9.17, 15) is 32.3 Å². The molecular formula is C29H22F4N4O6. The van der Waals surface area contributed by atoms with Crippen LogP contribution in [0.5, 0.6) is 5.75 Å². The third-order valence-electron chi connectivity index (χ3n) is 6.24. The minimum atomic E-state index is -5.08. The van der Waals surface area contributed by atoms with E-state index >= 15 is 0 Å². The van der Waals surface area contributed by atoms with Crippen molar-refractivity contribution in [2.45, 2.75) is 6.18 Å². The van der Waals surface area contributed by atoms with Crippen LogP contribution in [0.4, 0.5) is 17.6 Å². The van der Waals surface area contributed by atoms with Gasteiger partial charge in [-0.15, -0.1) is 0 Å². The van der Waals surface area contributed by atoms with Gasteiger partial charge in [0.25, 0.3) is 5.91 Å². The number of carbonyl (C=O) groups excluding carboxylic acids is 1. The second-order valence-corrected chi connectivity index (χ2v) is 9.27. The zero-order chi connectivity index (χ0) is 31.6. The van der Waals surface area contributed by atoms with Gasteiger partial charge in [-0.3, -0.25) is 9.89 Å². The van der Waals surface area contributed by atoms with Crippen molar-refractivity contribution in [3.63, 3.8) is 0 Å². The van der Waals surface area contributed by atoms with Gasteiger partial charge in [-0.2, -0.15) is 18.3 Å². The van der Waals surface area contributed by atoms with Gasteiger partial charge in [-0.05, 0) is 48.0 Å². The molecular weight excluding hydrogens is 576 g/mol. The molecule has 0 aliphatic rings. The molecule has 222 valence electrons. The van der Waals surface area contributed by atoms with Gasteiger partial charge in [0.1, 0.15) is 11.6 Å². The van der Waals surface area contributed by atoms with Crippen molar-refractivity contribution in [2.75, 3.05) is 21.2 Å². The maximum absolute atomic E-state index is 13.9. The first kappa shape index (κ1) is 30.4. The number of methoxy groups -OCH3 is 1. The molecule has 0 aliphatic heterocycles. The van der Waals surface area contributed by atoms with Crippen molar-refractivity contribution in [1.82, 2.24) is 20.1 Å². The second kappa shape index (κ2) is 11.8. The van der Waals surface area contributed by atoms with E-state index in [-0.39, 0.29) is 22.8 Å². The second-order valence-electron chi connectivity index (χ2n) is 9.27. The van der Waals surface area contributed by atoms with Crippen LogP contribution in [0.25, 0.3) is 44.2 Å². The summed E-state index contributed by atoms with van der Waals surface area (Å²) in [7, 11) is 4.69. The molecule has 0 radical (unpaired) electrons. The number of benzene rings is 3. The summed E-state index contributed by atoms with van der Waals surface area (Å²) in [6.07, 6.45) is -3.40. The van der Waals surface area contributed by atoms with E-state index in [2.05, 4.69) is 10.2 Å². The Hall–Kier alpha value is -5.53. The summed E-state index contributed by atoms with van der Waals surface area (Å²) in [5.41, 5.74) is 3.60. The molecule has 5 aromatic rings. The van der Waals surface area contributed by atoms with E-state index in [0.29, 0.717) is 33.3 Å². The summed E-state index contributed by atoms with van der Waals surface area (Å²) in [5.74, 6) is -4.34. The highest BCUT2D eigenvalue weighted by Gasteiger charge is 2.38. The Kier molecular flexibility index (Phi) is 8.32.